The molecule has 0 unspecified atom stereocenters. The van der Waals surface area contributed by atoms with Crippen molar-refractivity contribution < 1.29 is 42.9 Å². The van der Waals surface area contributed by atoms with Gasteiger partial charge in [-0.2, -0.15) is 0 Å². The monoisotopic (exact) mass is 880 g/mol. The molecular formula is C50H39ClF2N4O7. The summed E-state index contributed by atoms with van der Waals surface area (Å²) in [6, 6.07) is 30.2. The average Bonchev–Trinajstić information content (AvgIpc) is 3.61. The maximum absolute atomic E-state index is 14.8. The Kier molecular flexibility index (Phi) is 12.3. The van der Waals surface area contributed by atoms with E-state index in [-0.39, 0.29) is 61.6 Å². The van der Waals surface area contributed by atoms with E-state index < -0.39 is 29.3 Å². The van der Waals surface area contributed by atoms with Crippen molar-refractivity contribution in [3.8, 4) is 17.2 Å². The molecule has 0 atom stereocenters. The number of benzene rings is 6. The predicted octanol–water partition coefficient (Wildman–Crippen LogP) is 8.44. The van der Waals surface area contributed by atoms with E-state index in [1.165, 1.54) is 24.3 Å². The summed E-state index contributed by atoms with van der Waals surface area (Å²) in [5.41, 5.74) is 4.49. The minimum atomic E-state index is -1.37. The average molecular weight is 881 g/mol. The molecule has 0 saturated carbocycles. The zero-order valence-corrected chi connectivity index (χ0v) is 34.7. The number of aromatic carboxylic acids is 1. The molecular weight excluding hydrogens is 842 g/mol. The molecule has 14 heteroatoms. The highest BCUT2D eigenvalue weighted by atomic mass is 35.5. The van der Waals surface area contributed by atoms with E-state index in [2.05, 4.69) is 27.8 Å². The van der Waals surface area contributed by atoms with Crippen molar-refractivity contribution >= 4 is 70.1 Å². The van der Waals surface area contributed by atoms with E-state index >= 15 is 0 Å². The maximum Gasteiger partial charge on any atom is 0.336 e. The fourth-order valence-corrected chi connectivity index (χ4v) is 7.84. The number of anilines is 2. The minimum absolute atomic E-state index is 0.0161. The van der Waals surface area contributed by atoms with Crippen LogP contribution in [0.15, 0.2) is 115 Å². The van der Waals surface area contributed by atoms with Crippen LogP contribution in [0.5, 0.6) is 17.2 Å². The van der Waals surface area contributed by atoms with Crippen LogP contribution in [0.2, 0.25) is 5.02 Å². The highest BCUT2D eigenvalue weighted by Gasteiger charge is 2.30. The van der Waals surface area contributed by atoms with Crippen LogP contribution in [0.4, 0.5) is 20.2 Å². The number of nitrogens with one attached hydrogen (secondary N) is 4. The molecule has 0 aromatic heterocycles. The van der Waals surface area contributed by atoms with Crippen molar-refractivity contribution in [3.05, 3.63) is 181 Å². The Hall–Kier alpha value is -7.77. The second-order valence-corrected chi connectivity index (χ2v) is 15.6. The van der Waals surface area contributed by atoms with E-state index in [4.69, 9.17) is 16.3 Å². The van der Waals surface area contributed by atoms with Gasteiger partial charge in [-0.15, -0.1) is 0 Å². The van der Waals surface area contributed by atoms with E-state index in [0.717, 1.165) is 42.2 Å². The van der Waals surface area contributed by atoms with E-state index in [9.17, 15) is 38.2 Å². The number of phenols is 1. The van der Waals surface area contributed by atoms with Gasteiger partial charge in [0, 0.05) is 68.1 Å². The number of unbranched alkanes of at least 4 members (excludes halogenated alkanes) is 3. The first-order valence-corrected chi connectivity index (χ1v) is 20.7. The quantitative estimate of drug-likeness (QED) is 0.0468. The molecule has 64 heavy (non-hydrogen) atoms. The molecule has 0 bridgehead atoms. The van der Waals surface area contributed by atoms with E-state index in [1.54, 1.807) is 36.4 Å². The third-order valence-electron chi connectivity index (χ3n) is 10.9. The van der Waals surface area contributed by atoms with E-state index in [0.29, 0.717) is 59.2 Å². The van der Waals surface area contributed by atoms with Gasteiger partial charge in [-0.05, 0) is 90.7 Å². The van der Waals surface area contributed by atoms with Gasteiger partial charge in [0.1, 0.15) is 17.3 Å². The lowest BCUT2D eigenvalue weighted by molar-refractivity contribution is -0.110. The largest absolute Gasteiger partial charge is 0.505 e. The SMILES string of the molecule is C=c1cc2c(cc1F)=C(c1ccc(C(=O)NCCCCCCNC(=O)c3ccc(N/C(=C4\C(=O)Nc5cc(Cl)ccc54)c4ccccc4)cc3)cc1C(=O)O)c1cc(F)c(O)cc1O2. The van der Waals surface area contributed by atoms with Crippen LogP contribution in [0, 0.1) is 11.6 Å². The number of carbonyl (C=O) groups is 4. The molecule has 3 amide bonds. The molecule has 6 N–H and O–H groups in total. The van der Waals surface area contributed by atoms with Crippen LogP contribution < -0.4 is 36.4 Å². The van der Waals surface area contributed by atoms with Crippen LogP contribution in [0.3, 0.4) is 0 Å². The first-order valence-electron chi connectivity index (χ1n) is 20.3. The van der Waals surface area contributed by atoms with Gasteiger partial charge in [0.2, 0.25) is 0 Å². The van der Waals surface area contributed by atoms with Crippen molar-refractivity contribution in [3.63, 3.8) is 0 Å². The Balaban J connectivity index is 0.837. The van der Waals surface area contributed by atoms with Gasteiger partial charge in [0.05, 0.1) is 22.5 Å². The maximum atomic E-state index is 14.8. The molecule has 2 aliphatic rings. The number of rotatable bonds is 14. The van der Waals surface area contributed by atoms with Crippen molar-refractivity contribution in [2.75, 3.05) is 23.7 Å². The molecule has 2 aliphatic heterocycles. The topological polar surface area (TPSA) is 166 Å². The second-order valence-electron chi connectivity index (χ2n) is 15.2. The molecule has 0 aliphatic carbocycles. The van der Waals surface area contributed by atoms with Gasteiger partial charge in [-0.1, -0.05) is 73.5 Å². The fraction of sp³-hybridized carbons (Fsp3) is 0.120. The number of fused-ring (bicyclic) bond motifs is 3. The molecule has 0 spiro atoms. The Morgan fingerprint density at radius 3 is 2.08 bits per heavy atom. The number of carboxylic acids is 1. The Bertz CT molecular complexity index is 3030. The number of hydrogen-bond acceptors (Lipinski definition) is 7. The van der Waals surface area contributed by atoms with Crippen LogP contribution in [-0.2, 0) is 4.79 Å². The third-order valence-corrected chi connectivity index (χ3v) is 11.1. The zero-order valence-electron chi connectivity index (χ0n) is 34.0. The number of aromatic hydroxyl groups is 1. The van der Waals surface area contributed by atoms with Gasteiger partial charge in [0.25, 0.3) is 17.7 Å². The van der Waals surface area contributed by atoms with Gasteiger partial charge < -0.3 is 36.2 Å². The summed E-state index contributed by atoms with van der Waals surface area (Å²) in [5.74, 6) is -4.59. The lowest BCUT2D eigenvalue weighted by atomic mass is 9.88. The summed E-state index contributed by atoms with van der Waals surface area (Å²) in [6.45, 7) is 4.40. The van der Waals surface area contributed by atoms with E-state index in [1.807, 2.05) is 36.4 Å². The van der Waals surface area contributed by atoms with Crippen molar-refractivity contribution in [2.45, 2.75) is 25.7 Å². The third kappa shape index (κ3) is 8.92. The summed E-state index contributed by atoms with van der Waals surface area (Å²) in [6.07, 6.45) is 2.85. The van der Waals surface area contributed by atoms with Crippen molar-refractivity contribution in [1.29, 1.82) is 0 Å². The molecule has 2 heterocycles. The van der Waals surface area contributed by atoms with Crippen molar-refractivity contribution in [1.82, 2.24) is 10.6 Å². The predicted molar refractivity (Wildman–Crippen MR) is 241 cm³/mol. The molecule has 8 rings (SSSR count). The second kappa shape index (κ2) is 18.3. The zero-order chi connectivity index (χ0) is 45.1. The summed E-state index contributed by atoms with van der Waals surface area (Å²) < 4.78 is 35.2. The lowest BCUT2D eigenvalue weighted by Gasteiger charge is -2.23. The highest BCUT2D eigenvalue weighted by molar-refractivity contribution is 6.38. The van der Waals surface area contributed by atoms with Crippen LogP contribution in [-0.4, -0.2) is 47.0 Å². The minimum Gasteiger partial charge on any atom is -0.505 e. The van der Waals surface area contributed by atoms with Gasteiger partial charge in [0.15, 0.2) is 11.6 Å². The summed E-state index contributed by atoms with van der Waals surface area (Å²) in [7, 11) is 0. The Labute approximate surface area is 370 Å². The smallest absolute Gasteiger partial charge is 0.336 e. The number of phenolic OH excluding ortho intramolecular Hbond substituents is 1. The number of amides is 3. The number of carbonyl (C=O) groups excluding carboxylic acids is 3. The summed E-state index contributed by atoms with van der Waals surface area (Å²) >= 11 is 6.18. The molecule has 6 aromatic rings. The van der Waals surface area contributed by atoms with Gasteiger partial charge >= 0.3 is 5.97 Å². The Morgan fingerprint density at radius 1 is 0.703 bits per heavy atom. The van der Waals surface area contributed by atoms with Crippen LogP contribution in [0.25, 0.3) is 23.4 Å². The highest BCUT2D eigenvalue weighted by Crippen LogP contribution is 2.41. The molecule has 0 saturated heterocycles. The Morgan fingerprint density at radius 2 is 1.38 bits per heavy atom. The van der Waals surface area contributed by atoms with Crippen LogP contribution >= 0.6 is 11.6 Å². The van der Waals surface area contributed by atoms with Crippen LogP contribution in [0.1, 0.15) is 79.0 Å². The van der Waals surface area contributed by atoms with Crippen molar-refractivity contribution in [2.24, 2.45) is 0 Å². The molecule has 322 valence electrons. The summed E-state index contributed by atoms with van der Waals surface area (Å²) in [4.78, 5) is 51.8. The number of ether oxygens (including phenoxy) is 1. The number of halogens is 3. The lowest BCUT2D eigenvalue weighted by Crippen LogP contribution is -2.26. The number of carboxylic acid groups (broad SMARTS) is 1. The molecule has 0 fully saturated rings. The number of hydrogen-bond donors (Lipinski definition) is 6. The first-order chi connectivity index (χ1) is 30.9. The molecule has 6 aromatic carbocycles. The normalized spacial score (nSPS) is 13.2. The first kappa shape index (κ1) is 42.9. The van der Waals surface area contributed by atoms with Gasteiger partial charge in [-0.25, -0.2) is 13.6 Å². The summed E-state index contributed by atoms with van der Waals surface area (Å²) in [5, 5.41) is 33.0. The molecule has 11 nitrogen and oxygen atoms in total. The standard InChI is InChI=1S/C50H39ClF2N4O7/c1-27-21-42-36(24-38(27)52)44(37-25-39(53)41(58)26-43(37)64-42)33-17-13-30(22-35(33)50(62)63)48(60)55-20-8-3-2-7-19-54-47(59)29-11-15-32(16-12-29)56-46(28-9-5-4-6-10-28)45-34-18-14-31(51)23-40(34)57-49(45)61/h4-6,9-18,21-26,56,58H,1-3,7-8,19-20H2,(H,54,59)(H,55,60)(H,57,61)(H,62,63)/b46-45-. The fourth-order valence-electron chi connectivity index (χ4n) is 7.67. The molecule has 0 radical (unpaired) electrons. The van der Waals surface area contributed by atoms with Gasteiger partial charge in [-0.3, -0.25) is 14.4 Å².